The molecular formula is C18H14Cl2O3. The Kier molecular flexibility index (Phi) is 5.54. The van der Waals surface area contributed by atoms with Gasteiger partial charge in [0.15, 0.2) is 17.3 Å². The van der Waals surface area contributed by atoms with Crippen LogP contribution in [-0.4, -0.2) is 19.5 Å². The molecule has 0 radical (unpaired) electrons. The first-order valence-electron chi connectivity index (χ1n) is 6.73. The quantitative estimate of drug-likeness (QED) is 0.587. The maximum atomic E-state index is 12.8. The van der Waals surface area contributed by atoms with E-state index in [1.807, 2.05) is 0 Å². The SMILES string of the molecule is C#CCOc1cc(C(=O)c2c(Cl)cccc2Cl)c(C)cc1OC. The van der Waals surface area contributed by atoms with Crippen LogP contribution in [0.4, 0.5) is 0 Å². The number of carbonyl (C=O) groups excluding carboxylic acids is 1. The van der Waals surface area contributed by atoms with E-state index in [4.69, 9.17) is 39.1 Å². The Labute approximate surface area is 145 Å². The van der Waals surface area contributed by atoms with Gasteiger partial charge in [-0.2, -0.15) is 0 Å². The van der Waals surface area contributed by atoms with Crippen LogP contribution >= 0.6 is 23.2 Å². The molecule has 0 aliphatic heterocycles. The third-order valence-electron chi connectivity index (χ3n) is 3.26. The summed E-state index contributed by atoms with van der Waals surface area (Å²) in [5, 5.41) is 0.590. The summed E-state index contributed by atoms with van der Waals surface area (Å²) in [6, 6.07) is 8.23. The number of hydrogen-bond donors (Lipinski definition) is 0. The number of terminal acetylenes is 1. The molecule has 0 aromatic heterocycles. The Morgan fingerprint density at radius 1 is 1.22 bits per heavy atom. The Morgan fingerprint density at radius 2 is 1.87 bits per heavy atom. The number of aryl methyl sites for hydroxylation is 1. The molecule has 2 aromatic carbocycles. The van der Waals surface area contributed by atoms with E-state index in [0.29, 0.717) is 27.1 Å². The number of methoxy groups -OCH3 is 1. The molecule has 2 rings (SSSR count). The molecule has 0 N–H and O–H groups in total. The van der Waals surface area contributed by atoms with Gasteiger partial charge in [-0.1, -0.05) is 35.2 Å². The molecular weight excluding hydrogens is 335 g/mol. The lowest BCUT2D eigenvalue weighted by Crippen LogP contribution is -2.07. The molecule has 0 saturated heterocycles. The molecule has 23 heavy (non-hydrogen) atoms. The van der Waals surface area contributed by atoms with Gasteiger partial charge in [0.1, 0.15) is 6.61 Å². The molecule has 0 saturated carbocycles. The lowest BCUT2D eigenvalue weighted by molar-refractivity contribution is 0.103. The molecule has 2 aromatic rings. The number of ketones is 1. The predicted octanol–water partition coefficient (Wildman–Crippen LogP) is 4.55. The average molecular weight is 349 g/mol. The monoisotopic (exact) mass is 348 g/mol. The molecule has 0 heterocycles. The second-order valence-electron chi connectivity index (χ2n) is 4.74. The molecule has 0 aliphatic carbocycles. The average Bonchev–Trinajstić information content (AvgIpc) is 2.52. The number of benzene rings is 2. The highest BCUT2D eigenvalue weighted by Crippen LogP contribution is 2.34. The van der Waals surface area contributed by atoms with Crippen molar-refractivity contribution in [3.63, 3.8) is 0 Å². The highest BCUT2D eigenvalue weighted by Gasteiger charge is 2.20. The van der Waals surface area contributed by atoms with Crippen LogP contribution < -0.4 is 9.47 Å². The topological polar surface area (TPSA) is 35.5 Å². The molecule has 0 bridgehead atoms. The maximum Gasteiger partial charge on any atom is 0.196 e. The standard InChI is InChI=1S/C18H14Cl2O3/c1-4-8-23-16-10-12(11(2)9-15(16)22-3)18(21)17-13(19)6-5-7-14(17)20/h1,5-7,9-10H,8H2,2-3H3. The Balaban J connectivity index is 2.54. The van der Waals surface area contributed by atoms with Crippen molar-refractivity contribution in [1.29, 1.82) is 0 Å². The van der Waals surface area contributed by atoms with Gasteiger partial charge in [-0.05, 0) is 36.8 Å². The van der Waals surface area contributed by atoms with Crippen molar-refractivity contribution in [2.45, 2.75) is 6.92 Å². The van der Waals surface area contributed by atoms with Crippen LogP contribution in [0.1, 0.15) is 21.5 Å². The highest BCUT2D eigenvalue weighted by atomic mass is 35.5. The largest absolute Gasteiger partial charge is 0.493 e. The predicted molar refractivity (Wildman–Crippen MR) is 92.0 cm³/mol. The summed E-state index contributed by atoms with van der Waals surface area (Å²) in [5.74, 6) is 2.98. The van der Waals surface area contributed by atoms with Gasteiger partial charge < -0.3 is 9.47 Å². The minimum atomic E-state index is -0.286. The van der Waals surface area contributed by atoms with E-state index in [2.05, 4.69) is 5.92 Å². The second kappa shape index (κ2) is 7.41. The fourth-order valence-electron chi connectivity index (χ4n) is 2.15. The second-order valence-corrected chi connectivity index (χ2v) is 5.55. The lowest BCUT2D eigenvalue weighted by atomic mass is 9.98. The van der Waals surface area contributed by atoms with Crippen molar-refractivity contribution >= 4 is 29.0 Å². The molecule has 0 aliphatic rings. The zero-order chi connectivity index (χ0) is 17.0. The summed E-state index contributed by atoms with van der Waals surface area (Å²) in [6.45, 7) is 1.87. The molecule has 0 spiro atoms. The van der Waals surface area contributed by atoms with Crippen LogP contribution in [-0.2, 0) is 0 Å². The number of ether oxygens (including phenoxy) is 2. The van der Waals surface area contributed by atoms with Gasteiger partial charge in [0.25, 0.3) is 0 Å². The highest BCUT2D eigenvalue weighted by molar-refractivity contribution is 6.41. The first kappa shape index (κ1) is 17.2. The van der Waals surface area contributed by atoms with Crippen LogP contribution in [0.25, 0.3) is 0 Å². The van der Waals surface area contributed by atoms with Crippen molar-refractivity contribution in [1.82, 2.24) is 0 Å². The van der Waals surface area contributed by atoms with Gasteiger partial charge in [-0.3, -0.25) is 4.79 Å². The van der Waals surface area contributed by atoms with E-state index in [1.54, 1.807) is 37.3 Å². The van der Waals surface area contributed by atoms with Crippen molar-refractivity contribution < 1.29 is 14.3 Å². The number of carbonyl (C=O) groups is 1. The fourth-order valence-corrected chi connectivity index (χ4v) is 2.72. The molecule has 0 amide bonds. The van der Waals surface area contributed by atoms with Crippen LogP contribution in [0.15, 0.2) is 30.3 Å². The molecule has 0 unspecified atom stereocenters. The lowest BCUT2D eigenvalue weighted by Gasteiger charge is -2.14. The van der Waals surface area contributed by atoms with Crippen molar-refractivity contribution in [3.05, 3.63) is 57.1 Å². The molecule has 3 nitrogen and oxygen atoms in total. The Morgan fingerprint density at radius 3 is 2.43 bits per heavy atom. The van der Waals surface area contributed by atoms with E-state index in [0.717, 1.165) is 5.56 Å². The van der Waals surface area contributed by atoms with Gasteiger partial charge in [-0.15, -0.1) is 6.42 Å². The van der Waals surface area contributed by atoms with E-state index in [-0.39, 0.29) is 18.0 Å². The summed E-state index contributed by atoms with van der Waals surface area (Å²) in [5.41, 5.74) is 1.40. The molecule has 0 atom stereocenters. The van der Waals surface area contributed by atoms with Gasteiger partial charge >= 0.3 is 0 Å². The third-order valence-corrected chi connectivity index (χ3v) is 3.89. The molecule has 5 heteroatoms. The third kappa shape index (κ3) is 3.61. The van der Waals surface area contributed by atoms with Crippen molar-refractivity contribution in [2.24, 2.45) is 0 Å². The number of halogens is 2. The summed E-state index contributed by atoms with van der Waals surface area (Å²) < 4.78 is 10.7. The molecule has 0 fully saturated rings. The number of rotatable bonds is 5. The van der Waals surface area contributed by atoms with Crippen LogP contribution in [0.2, 0.25) is 10.0 Å². The van der Waals surface area contributed by atoms with Crippen molar-refractivity contribution in [3.8, 4) is 23.8 Å². The van der Waals surface area contributed by atoms with Gasteiger partial charge in [0.2, 0.25) is 0 Å². The fraction of sp³-hybridized carbons (Fsp3) is 0.167. The van der Waals surface area contributed by atoms with E-state index in [1.165, 1.54) is 7.11 Å². The summed E-state index contributed by atoms with van der Waals surface area (Å²) in [4.78, 5) is 12.8. The van der Waals surface area contributed by atoms with Gasteiger partial charge in [0.05, 0.1) is 22.7 Å². The summed E-state index contributed by atoms with van der Waals surface area (Å²) >= 11 is 12.2. The van der Waals surface area contributed by atoms with Crippen LogP contribution in [0.5, 0.6) is 11.5 Å². The van der Waals surface area contributed by atoms with Crippen molar-refractivity contribution in [2.75, 3.05) is 13.7 Å². The van der Waals surface area contributed by atoms with Crippen LogP contribution in [0, 0.1) is 19.3 Å². The molecule has 118 valence electrons. The first-order valence-corrected chi connectivity index (χ1v) is 7.48. The Bertz CT molecular complexity index is 771. The summed E-state index contributed by atoms with van der Waals surface area (Å²) in [7, 11) is 1.52. The minimum Gasteiger partial charge on any atom is -0.493 e. The zero-order valence-electron chi connectivity index (χ0n) is 12.7. The minimum absolute atomic E-state index is 0.0693. The smallest absolute Gasteiger partial charge is 0.196 e. The van der Waals surface area contributed by atoms with E-state index < -0.39 is 0 Å². The van der Waals surface area contributed by atoms with Gasteiger partial charge in [0, 0.05) is 5.56 Å². The maximum absolute atomic E-state index is 12.8. The van der Waals surface area contributed by atoms with E-state index >= 15 is 0 Å². The number of hydrogen-bond acceptors (Lipinski definition) is 3. The van der Waals surface area contributed by atoms with Crippen LogP contribution in [0.3, 0.4) is 0 Å². The van der Waals surface area contributed by atoms with Gasteiger partial charge in [-0.25, -0.2) is 0 Å². The Hall–Kier alpha value is -2.15. The summed E-state index contributed by atoms with van der Waals surface area (Å²) in [6.07, 6.45) is 5.21. The first-order chi connectivity index (χ1) is 11.0. The van der Waals surface area contributed by atoms with E-state index in [9.17, 15) is 4.79 Å². The zero-order valence-corrected chi connectivity index (χ0v) is 14.2. The normalized spacial score (nSPS) is 10.0.